The van der Waals surface area contributed by atoms with Gasteiger partial charge in [0.05, 0.1) is 28.2 Å². The van der Waals surface area contributed by atoms with E-state index in [1.165, 1.54) is 5.56 Å². The zero-order chi connectivity index (χ0) is 22.7. The number of carbonyl (C=O) groups is 1. The quantitative estimate of drug-likeness (QED) is 0.369. The van der Waals surface area contributed by atoms with Gasteiger partial charge in [-0.1, -0.05) is 36.4 Å². The molecule has 5 heteroatoms. The lowest BCUT2D eigenvalue weighted by molar-refractivity contribution is 0.0747. The van der Waals surface area contributed by atoms with Crippen LogP contribution in [-0.4, -0.2) is 38.5 Å². The first-order valence-electron chi connectivity index (χ1n) is 11.5. The molecule has 1 atom stereocenters. The van der Waals surface area contributed by atoms with Gasteiger partial charge in [0.2, 0.25) is 0 Å². The molecular formula is C27H31N3O2. The Hall–Kier alpha value is -3.21. The number of rotatable bonds is 7. The van der Waals surface area contributed by atoms with E-state index >= 15 is 0 Å². The molecule has 0 radical (unpaired) electrons. The lowest BCUT2D eigenvalue weighted by Gasteiger charge is -2.21. The van der Waals surface area contributed by atoms with Gasteiger partial charge in [0, 0.05) is 30.1 Å². The molecule has 1 N–H and O–H groups in total. The van der Waals surface area contributed by atoms with Crippen molar-refractivity contribution in [1.82, 2.24) is 14.9 Å². The van der Waals surface area contributed by atoms with Crippen molar-refractivity contribution in [2.75, 3.05) is 6.54 Å². The van der Waals surface area contributed by atoms with Crippen LogP contribution < -0.4 is 0 Å². The van der Waals surface area contributed by atoms with Gasteiger partial charge in [0.25, 0.3) is 5.91 Å². The fraction of sp³-hybridized carbons (Fsp3) is 0.370. The molecule has 1 aromatic heterocycles. The largest absolute Gasteiger partial charge is 0.513 e. The molecule has 1 amide bonds. The van der Waals surface area contributed by atoms with E-state index in [0.29, 0.717) is 12.0 Å². The van der Waals surface area contributed by atoms with Crippen molar-refractivity contribution < 1.29 is 9.90 Å². The molecule has 5 nitrogen and oxygen atoms in total. The molecule has 1 aliphatic heterocycles. The van der Waals surface area contributed by atoms with Gasteiger partial charge in [-0.3, -0.25) is 4.79 Å². The number of aliphatic hydroxyl groups is 1. The highest BCUT2D eigenvalue weighted by molar-refractivity contribution is 5.97. The Morgan fingerprint density at radius 3 is 2.59 bits per heavy atom. The van der Waals surface area contributed by atoms with Gasteiger partial charge in [-0.25, -0.2) is 9.97 Å². The topological polar surface area (TPSA) is 66.3 Å². The van der Waals surface area contributed by atoms with Crippen molar-refractivity contribution in [2.24, 2.45) is 0 Å². The fourth-order valence-electron chi connectivity index (χ4n) is 4.36. The maximum Gasteiger partial charge on any atom is 0.254 e. The molecule has 2 heterocycles. The van der Waals surface area contributed by atoms with Gasteiger partial charge >= 0.3 is 0 Å². The molecule has 0 spiro atoms. The first kappa shape index (κ1) is 22.0. The number of aromatic nitrogens is 2. The molecule has 0 aliphatic carbocycles. The molecule has 0 saturated carbocycles. The second-order valence-electron chi connectivity index (χ2n) is 8.85. The zero-order valence-electron chi connectivity index (χ0n) is 19.0. The Kier molecular flexibility index (Phi) is 6.54. The third kappa shape index (κ3) is 4.82. The summed E-state index contributed by atoms with van der Waals surface area (Å²) in [7, 11) is 0. The zero-order valence-corrected chi connectivity index (χ0v) is 19.0. The molecule has 1 saturated heterocycles. The Labute approximate surface area is 189 Å². The van der Waals surface area contributed by atoms with Gasteiger partial charge in [0.15, 0.2) is 0 Å². The highest BCUT2D eigenvalue weighted by Crippen LogP contribution is 2.27. The van der Waals surface area contributed by atoms with Crippen LogP contribution in [0.3, 0.4) is 0 Å². The Balaban J connectivity index is 1.69. The Bertz CT molecular complexity index is 1140. The number of carbonyl (C=O) groups excluding carboxylic acids is 1. The van der Waals surface area contributed by atoms with E-state index in [2.05, 4.69) is 44.7 Å². The Morgan fingerprint density at radius 1 is 1.12 bits per heavy atom. The van der Waals surface area contributed by atoms with Crippen molar-refractivity contribution in [3.63, 3.8) is 0 Å². The molecule has 1 aliphatic rings. The summed E-state index contributed by atoms with van der Waals surface area (Å²) in [5, 5.41) is 9.38. The molecule has 0 bridgehead atoms. The second-order valence-corrected chi connectivity index (χ2v) is 8.85. The number of allylic oxidation sites excluding steroid dienone is 1. The normalized spacial score (nSPS) is 15.9. The number of amides is 1. The van der Waals surface area contributed by atoms with E-state index in [0.717, 1.165) is 66.6 Å². The van der Waals surface area contributed by atoms with Crippen LogP contribution in [0.2, 0.25) is 0 Å². The van der Waals surface area contributed by atoms with Crippen LogP contribution in [0.25, 0.3) is 22.3 Å². The number of benzene rings is 2. The number of hydrogen-bond donors (Lipinski definition) is 1. The van der Waals surface area contributed by atoms with Gasteiger partial charge in [0.1, 0.15) is 0 Å². The lowest BCUT2D eigenvalue weighted by Crippen LogP contribution is -2.33. The molecule has 4 rings (SSSR count). The predicted octanol–water partition coefficient (Wildman–Crippen LogP) is 6.01. The maximum atomic E-state index is 13.0. The third-order valence-corrected chi connectivity index (χ3v) is 6.25. The van der Waals surface area contributed by atoms with Gasteiger partial charge < -0.3 is 10.0 Å². The maximum absolute atomic E-state index is 13.0. The summed E-state index contributed by atoms with van der Waals surface area (Å²) in [5.41, 5.74) is 6.25. The molecule has 1 unspecified atom stereocenters. The van der Waals surface area contributed by atoms with Crippen LogP contribution in [0.1, 0.15) is 60.6 Å². The van der Waals surface area contributed by atoms with E-state index in [4.69, 9.17) is 9.97 Å². The number of aryl methyl sites for hydroxylation is 2. The van der Waals surface area contributed by atoms with Crippen molar-refractivity contribution >= 4 is 16.9 Å². The van der Waals surface area contributed by atoms with Crippen LogP contribution in [0.5, 0.6) is 0 Å². The van der Waals surface area contributed by atoms with Crippen LogP contribution in [0.15, 0.2) is 54.8 Å². The summed E-state index contributed by atoms with van der Waals surface area (Å²) < 4.78 is 0. The average molecular weight is 430 g/mol. The first-order chi connectivity index (χ1) is 15.4. The number of unbranched alkanes of at least 4 members (excludes halogenated alkanes) is 1. The van der Waals surface area contributed by atoms with Crippen molar-refractivity contribution in [3.8, 4) is 11.3 Å². The van der Waals surface area contributed by atoms with Gasteiger partial charge in [-0.05, 0) is 64.2 Å². The van der Waals surface area contributed by atoms with Crippen LogP contribution in [0.4, 0.5) is 0 Å². The number of nitrogens with zero attached hydrogens (tertiary/aromatic N) is 3. The molecule has 2 aromatic carbocycles. The summed E-state index contributed by atoms with van der Waals surface area (Å²) in [6.07, 6.45) is 5.18. The minimum atomic E-state index is 0.0734. The minimum absolute atomic E-state index is 0.0734. The van der Waals surface area contributed by atoms with Crippen molar-refractivity contribution in [3.05, 3.63) is 71.6 Å². The molecule has 166 valence electrons. The summed E-state index contributed by atoms with van der Waals surface area (Å²) in [6, 6.07) is 14.3. The molecule has 1 fully saturated rings. The smallest absolute Gasteiger partial charge is 0.254 e. The standard InChI is InChI=1S/C27H31N3O2/c1-18-10-12-21(13-11-18)26-24(9-5-4-8-20(3)31)28-25-17-22(14-15-23(25)29-26)27(32)30-16-6-7-19(30)2/h10-15,17,19,31H,3-9,16H2,1-2H3. The van der Waals surface area contributed by atoms with E-state index in [1.54, 1.807) is 0 Å². The van der Waals surface area contributed by atoms with Crippen LogP contribution in [0, 0.1) is 6.92 Å². The average Bonchev–Trinajstić information content (AvgIpc) is 3.21. The molecular weight excluding hydrogens is 398 g/mol. The number of fused-ring (bicyclic) bond motifs is 1. The SMILES string of the molecule is C=C(O)CCCCc1nc2cc(C(=O)N3CCCC3C)ccc2nc1-c1ccc(C)cc1. The monoisotopic (exact) mass is 429 g/mol. The van der Waals surface area contributed by atoms with Gasteiger partial charge in [-0.15, -0.1) is 0 Å². The van der Waals surface area contributed by atoms with Crippen molar-refractivity contribution in [1.29, 1.82) is 0 Å². The van der Waals surface area contributed by atoms with Crippen molar-refractivity contribution in [2.45, 2.75) is 58.4 Å². The first-order valence-corrected chi connectivity index (χ1v) is 11.5. The minimum Gasteiger partial charge on any atom is -0.513 e. The number of likely N-dealkylation sites (tertiary alicyclic amines) is 1. The highest BCUT2D eigenvalue weighted by atomic mass is 16.3. The summed E-state index contributed by atoms with van der Waals surface area (Å²) in [4.78, 5) is 24.9. The van der Waals surface area contributed by atoms with E-state index in [9.17, 15) is 9.90 Å². The van der Waals surface area contributed by atoms with E-state index < -0.39 is 0 Å². The second kappa shape index (κ2) is 9.51. The van der Waals surface area contributed by atoms with E-state index in [-0.39, 0.29) is 17.7 Å². The summed E-state index contributed by atoms with van der Waals surface area (Å²) >= 11 is 0. The third-order valence-electron chi connectivity index (χ3n) is 6.25. The molecule has 3 aromatic rings. The number of hydrogen-bond acceptors (Lipinski definition) is 4. The van der Waals surface area contributed by atoms with E-state index in [1.807, 2.05) is 23.1 Å². The fourth-order valence-corrected chi connectivity index (χ4v) is 4.36. The highest BCUT2D eigenvalue weighted by Gasteiger charge is 2.26. The summed E-state index contributed by atoms with van der Waals surface area (Å²) in [6.45, 7) is 8.56. The summed E-state index contributed by atoms with van der Waals surface area (Å²) in [5.74, 6) is 0.289. The lowest BCUT2D eigenvalue weighted by atomic mass is 10.0. The predicted molar refractivity (Wildman–Crippen MR) is 129 cm³/mol. The van der Waals surface area contributed by atoms with Crippen LogP contribution >= 0.6 is 0 Å². The van der Waals surface area contributed by atoms with Crippen LogP contribution in [-0.2, 0) is 6.42 Å². The Morgan fingerprint density at radius 2 is 1.91 bits per heavy atom. The number of aliphatic hydroxyl groups excluding tert-OH is 1. The molecule has 32 heavy (non-hydrogen) atoms. The van der Waals surface area contributed by atoms with Gasteiger partial charge in [-0.2, -0.15) is 0 Å².